The van der Waals surface area contributed by atoms with Crippen LogP contribution in [0.3, 0.4) is 0 Å². The fourth-order valence-electron chi connectivity index (χ4n) is 3.01. The molecule has 0 bridgehead atoms. The second-order valence-corrected chi connectivity index (χ2v) is 6.97. The second-order valence-electron chi connectivity index (χ2n) is 6.97. The lowest BCUT2D eigenvalue weighted by Crippen LogP contribution is -2.27. The summed E-state index contributed by atoms with van der Waals surface area (Å²) in [4.78, 5) is 19.3. The number of benzene rings is 1. The Labute approximate surface area is 152 Å². The Balaban J connectivity index is 1.53. The normalized spacial score (nSPS) is 13.7. The number of aromatic nitrogens is 3. The van der Waals surface area contributed by atoms with Crippen LogP contribution in [0.1, 0.15) is 28.8 Å². The molecule has 0 atom stereocenters. The summed E-state index contributed by atoms with van der Waals surface area (Å²) in [7, 11) is 2.00. The molecular weight excluding hydrogens is 326 g/mol. The van der Waals surface area contributed by atoms with Crippen LogP contribution in [0.15, 0.2) is 42.6 Å². The number of amides is 1. The van der Waals surface area contributed by atoms with Crippen LogP contribution in [0.4, 0.5) is 5.82 Å². The summed E-state index contributed by atoms with van der Waals surface area (Å²) in [6.45, 7) is 1.57. The van der Waals surface area contributed by atoms with Gasteiger partial charge in [-0.05, 0) is 36.8 Å². The van der Waals surface area contributed by atoms with Crippen molar-refractivity contribution in [3.63, 3.8) is 0 Å². The van der Waals surface area contributed by atoms with Crippen molar-refractivity contribution in [1.82, 2.24) is 20.5 Å². The van der Waals surface area contributed by atoms with E-state index in [4.69, 9.17) is 0 Å². The van der Waals surface area contributed by atoms with Gasteiger partial charge in [0.2, 0.25) is 0 Å². The highest BCUT2D eigenvalue weighted by Crippen LogP contribution is 2.28. The molecule has 1 aliphatic rings. The Morgan fingerprint density at radius 2 is 2.12 bits per heavy atom. The molecule has 1 amide bonds. The first-order chi connectivity index (χ1) is 12.7. The summed E-state index contributed by atoms with van der Waals surface area (Å²) < 4.78 is 0. The molecular formula is C20H23N5O. The summed E-state index contributed by atoms with van der Waals surface area (Å²) >= 11 is 0. The van der Waals surface area contributed by atoms with Gasteiger partial charge in [-0.2, -0.15) is 5.10 Å². The number of nitrogens with zero attached hydrogens (tertiary/aromatic N) is 3. The fourth-order valence-corrected chi connectivity index (χ4v) is 3.01. The van der Waals surface area contributed by atoms with Crippen LogP contribution in [-0.2, 0) is 6.42 Å². The number of H-pyrrole nitrogens is 1. The summed E-state index contributed by atoms with van der Waals surface area (Å²) in [6, 6.07) is 12.2. The zero-order valence-electron chi connectivity index (χ0n) is 14.9. The van der Waals surface area contributed by atoms with Gasteiger partial charge in [0.05, 0.1) is 17.1 Å². The molecule has 0 unspecified atom stereocenters. The van der Waals surface area contributed by atoms with Gasteiger partial charge in [0.15, 0.2) is 5.65 Å². The van der Waals surface area contributed by atoms with Crippen LogP contribution < -0.4 is 10.2 Å². The number of rotatable bonds is 7. The van der Waals surface area contributed by atoms with Crippen LogP contribution in [0, 0.1) is 5.92 Å². The van der Waals surface area contributed by atoms with E-state index in [-0.39, 0.29) is 5.91 Å². The lowest BCUT2D eigenvalue weighted by atomic mass is 10.1. The smallest absolute Gasteiger partial charge is 0.252 e. The SMILES string of the molecule is CN(CCc1ccccc1)c1cc(C(=O)NCC2CC2)c2cn[nH]c2n1. The van der Waals surface area contributed by atoms with Gasteiger partial charge in [0.1, 0.15) is 5.82 Å². The number of fused-ring (bicyclic) bond motifs is 1. The molecule has 134 valence electrons. The molecule has 0 saturated heterocycles. The van der Waals surface area contributed by atoms with Crippen molar-refractivity contribution in [2.45, 2.75) is 19.3 Å². The number of likely N-dealkylation sites (N-methyl/N-ethyl adjacent to an activating group) is 1. The summed E-state index contributed by atoms with van der Waals surface area (Å²) in [5, 5.41) is 10.8. The first-order valence-corrected chi connectivity index (χ1v) is 9.08. The Hall–Kier alpha value is -2.89. The van der Waals surface area contributed by atoms with Gasteiger partial charge in [0.25, 0.3) is 5.91 Å². The van der Waals surface area contributed by atoms with E-state index in [1.807, 2.05) is 31.3 Å². The van der Waals surface area contributed by atoms with E-state index in [1.165, 1.54) is 18.4 Å². The molecule has 3 aromatic rings. The van der Waals surface area contributed by atoms with E-state index >= 15 is 0 Å². The number of nitrogens with one attached hydrogen (secondary N) is 2. The summed E-state index contributed by atoms with van der Waals surface area (Å²) in [5.41, 5.74) is 2.56. The van der Waals surface area contributed by atoms with Crippen molar-refractivity contribution in [1.29, 1.82) is 0 Å². The number of hydrogen-bond acceptors (Lipinski definition) is 4. The largest absolute Gasteiger partial charge is 0.359 e. The summed E-state index contributed by atoms with van der Waals surface area (Å²) in [5.74, 6) is 1.37. The number of pyridine rings is 1. The molecule has 0 aliphatic heterocycles. The number of carbonyl (C=O) groups is 1. The molecule has 6 heteroatoms. The average Bonchev–Trinajstić information content (AvgIpc) is 3.39. The van der Waals surface area contributed by atoms with Crippen molar-refractivity contribution in [3.05, 3.63) is 53.7 Å². The van der Waals surface area contributed by atoms with Crippen LogP contribution in [-0.4, -0.2) is 41.2 Å². The fraction of sp³-hybridized carbons (Fsp3) is 0.350. The van der Waals surface area contributed by atoms with E-state index in [1.54, 1.807) is 6.20 Å². The van der Waals surface area contributed by atoms with Crippen molar-refractivity contribution in [3.8, 4) is 0 Å². The molecule has 1 saturated carbocycles. The lowest BCUT2D eigenvalue weighted by molar-refractivity contribution is 0.0953. The Morgan fingerprint density at radius 1 is 1.31 bits per heavy atom. The minimum atomic E-state index is -0.0524. The Morgan fingerprint density at radius 3 is 2.88 bits per heavy atom. The monoisotopic (exact) mass is 349 g/mol. The molecule has 2 heterocycles. The van der Waals surface area contributed by atoms with Gasteiger partial charge in [-0.3, -0.25) is 9.89 Å². The number of anilines is 1. The Bertz CT molecular complexity index is 901. The predicted molar refractivity (Wildman–Crippen MR) is 102 cm³/mol. The van der Waals surface area contributed by atoms with Gasteiger partial charge in [-0.1, -0.05) is 30.3 Å². The maximum absolute atomic E-state index is 12.6. The molecule has 0 radical (unpaired) electrons. The maximum Gasteiger partial charge on any atom is 0.252 e. The lowest BCUT2D eigenvalue weighted by Gasteiger charge is -2.19. The van der Waals surface area contributed by atoms with Crippen LogP contribution >= 0.6 is 0 Å². The zero-order valence-corrected chi connectivity index (χ0v) is 14.9. The van der Waals surface area contributed by atoms with Gasteiger partial charge < -0.3 is 10.2 Å². The van der Waals surface area contributed by atoms with Crippen LogP contribution in [0.25, 0.3) is 11.0 Å². The minimum absolute atomic E-state index is 0.0524. The van der Waals surface area contributed by atoms with E-state index in [2.05, 4.69) is 37.5 Å². The van der Waals surface area contributed by atoms with Gasteiger partial charge in [-0.25, -0.2) is 4.98 Å². The standard InChI is InChI=1S/C20H23N5O/c1-25(10-9-14-5-3-2-4-6-14)18-11-16(17-13-22-24-19(17)23-18)20(26)21-12-15-7-8-15/h2-6,11,13,15H,7-10,12H2,1H3,(H,21,26)(H,22,23,24). The highest BCUT2D eigenvalue weighted by molar-refractivity contribution is 6.06. The van der Waals surface area contributed by atoms with Crippen LogP contribution in [0.2, 0.25) is 0 Å². The maximum atomic E-state index is 12.6. The third-order valence-corrected chi connectivity index (χ3v) is 4.87. The molecule has 1 aromatic carbocycles. The van der Waals surface area contributed by atoms with E-state index in [0.717, 1.165) is 30.7 Å². The number of carbonyl (C=O) groups excluding carboxylic acids is 1. The zero-order chi connectivity index (χ0) is 17.9. The quantitative estimate of drug-likeness (QED) is 0.688. The average molecular weight is 349 g/mol. The van der Waals surface area contributed by atoms with Crippen LogP contribution in [0.5, 0.6) is 0 Å². The number of hydrogen-bond donors (Lipinski definition) is 2. The van der Waals surface area contributed by atoms with Crippen molar-refractivity contribution >= 4 is 22.8 Å². The van der Waals surface area contributed by atoms with Gasteiger partial charge >= 0.3 is 0 Å². The molecule has 2 aromatic heterocycles. The molecule has 6 nitrogen and oxygen atoms in total. The first-order valence-electron chi connectivity index (χ1n) is 9.08. The highest BCUT2D eigenvalue weighted by atomic mass is 16.1. The molecule has 26 heavy (non-hydrogen) atoms. The first kappa shape index (κ1) is 16.6. The van der Waals surface area contributed by atoms with Gasteiger partial charge in [0, 0.05) is 20.1 Å². The van der Waals surface area contributed by atoms with E-state index < -0.39 is 0 Å². The molecule has 4 rings (SSSR count). The van der Waals surface area contributed by atoms with E-state index in [0.29, 0.717) is 17.1 Å². The predicted octanol–water partition coefficient (Wildman–Crippen LogP) is 2.78. The molecule has 1 fully saturated rings. The minimum Gasteiger partial charge on any atom is -0.359 e. The highest BCUT2D eigenvalue weighted by Gasteiger charge is 2.23. The van der Waals surface area contributed by atoms with Gasteiger partial charge in [-0.15, -0.1) is 0 Å². The third kappa shape index (κ3) is 3.69. The van der Waals surface area contributed by atoms with Crippen molar-refractivity contribution in [2.75, 3.05) is 25.0 Å². The topological polar surface area (TPSA) is 73.9 Å². The second kappa shape index (κ2) is 7.15. The third-order valence-electron chi connectivity index (χ3n) is 4.87. The molecule has 2 N–H and O–H groups in total. The molecule has 1 aliphatic carbocycles. The molecule has 0 spiro atoms. The van der Waals surface area contributed by atoms with Crippen molar-refractivity contribution < 1.29 is 4.79 Å². The van der Waals surface area contributed by atoms with E-state index in [9.17, 15) is 4.79 Å². The summed E-state index contributed by atoms with van der Waals surface area (Å²) in [6.07, 6.45) is 5.02. The Kier molecular flexibility index (Phi) is 4.56. The van der Waals surface area contributed by atoms with Crippen molar-refractivity contribution in [2.24, 2.45) is 5.92 Å². The number of aromatic amines is 1.